The number of methoxy groups -OCH3 is 1. The van der Waals surface area contributed by atoms with Crippen molar-refractivity contribution in [3.05, 3.63) is 65.2 Å². The van der Waals surface area contributed by atoms with Gasteiger partial charge >= 0.3 is 0 Å². The number of para-hydroxylation sites is 2. The highest BCUT2D eigenvalue weighted by Crippen LogP contribution is 2.34. The number of rotatable bonds is 6. The minimum atomic E-state index is 0.565. The van der Waals surface area contributed by atoms with Gasteiger partial charge in [-0.1, -0.05) is 32.0 Å². The lowest BCUT2D eigenvalue weighted by Gasteiger charge is -2.20. The van der Waals surface area contributed by atoms with Gasteiger partial charge in [0.2, 0.25) is 0 Å². The van der Waals surface area contributed by atoms with Crippen molar-refractivity contribution in [3.63, 3.8) is 0 Å². The fourth-order valence-electron chi connectivity index (χ4n) is 3.89. The summed E-state index contributed by atoms with van der Waals surface area (Å²) in [4.78, 5) is 4.79. The Morgan fingerprint density at radius 2 is 1.97 bits per heavy atom. The van der Waals surface area contributed by atoms with Crippen LogP contribution in [0.25, 0.3) is 16.7 Å². The third-order valence-corrected chi connectivity index (χ3v) is 5.54. The Morgan fingerprint density at radius 3 is 2.70 bits per heavy atom. The van der Waals surface area contributed by atoms with E-state index in [-0.39, 0.29) is 0 Å². The van der Waals surface area contributed by atoms with Crippen molar-refractivity contribution in [2.45, 2.75) is 33.6 Å². The van der Waals surface area contributed by atoms with Gasteiger partial charge in [-0.3, -0.25) is 4.40 Å². The van der Waals surface area contributed by atoms with E-state index in [0.717, 1.165) is 52.3 Å². The maximum absolute atomic E-state index is 9.95. The number of nitrogens with zero attached hydrogens (tertiary/aromatic N) is 3. The summed E-state index contributed by atoms with van der Waals surface area (Å²) in [6.07, 6.45) is 1.92. The third kappa shape index (κ3) is 3.46. The highest BCUT2D eigenvalue weighted by atomic mass is 16.5. The zero-order chi connectivity index (χ0) is 21.3. The molecular weight excluding hydrogens is 372 g/mol. The molecule has 0 radical (unpaired) electrons. The van der Waals surface area contributed by atoms with E-state index >= 15 is 0 Å². The summed E-state index contributed by atoms with van der Waals surface area (Å²) in [5, 5.41) is 13.6. The zero-order valence-corrected chi connectivity index (χ0v) is 17.9. The number of nitriles is 1. The van der Waals surface area contributed by atoms with Gasteiger partial charge in [0.25, 0.3) is 0 Å². The van der Waals surface area contributed by atoms with Gasteiger partial charge in [-0.2, -0.15) is 5.26 Å². The average molecular weight is 399 g/mol. The molecule has 5 heteroatoms. The van der Waals surface area contributed by atoms with E-state index in [9.17, 15) is 5.26 Å². The second-order valence-electron chi connectivity index (χ2n) is 7.99. The predicted molar refractivity (Wildman–Crippen MR) is 122 cm³/mol. The van der Waals surface area contributed by atoms with Gasteiger partial charge in [-0.05, 0) is 61.1 Å². The molecular formula is C25H26N4O. The molecule has 2 aromatic carbocycles. The van der Waals surface area contributed by atoms with Gasteiger partial charge in [-0.25, -0.2) is 4.98 Å². The first-order chi connectivity index (χ1) is 14.5. The Bertz CT molecular complexity index is 1260. The third-order valence-electron chi connectivity index (χ3n) is 5.54. The Balaban J connectivity index is 2.03. The first-order valence-corrected chi connectivity index (χ1v) is 10.3. The molecule has 0 saturated heterocycles. The van der Waals surface area contributed by atoms with Crippen LogP contribution in [0.1, 0.15) is 37.0 Å². The molecule has 0 atom stereocenters. The molecule has 0 fully saturated rings. The second-order valence-corrected chi connectivity index (χ2v) is 7.99. The van der Waals surface area contributed by atoms with Gasteiger partial charge in [-0.15, -0.1) is 0 Å². The van der Waals surface area contributed by atoms with Crippen LogP contribution >= 0.6 is 0 Å². The van der Waals surface area contributed by atoms with Gasteiger partial charge in [0, 0.05) is 11.8 Å². The van der Waals surface area contributed by atoms with E-state index in [2.05, 4.69) is 35.7 Å². The number of anilines is 2. The van der Waals surface area contributed by atoms with Crippen molar-refractivity contribution >= 4 is 28.2 Å². The summed E-state index contributed by atoms with van der Waals surface area (Å²) < 4.78 is 7.50. The Hall–Kier alpha value is -3.52. The van der Waals surface area contributed by atoms with Gasteiger partial charge in [0.15, 0.2) is 5.65 Å². The van der Waals surface area contributed by atoms with Crippen LogP contribution in [-0.2, 0) is 6.42 Å². The SMILES string of the molecule is COc1cccc(Nc2c(CCC(C)C)c(C)c(C#N)c3nc4ccccc4n23)c1. The van der Waals surface area contributed by atoms with Crippen molar-refractivity contribution in [3.8, 4) is 11.8 Å². The minimum Gasteiger partial charge on any atom is -0.497 e. The molecule has 0 amide bonds. The summed E-state index contributed by atoms with van der Waals surface area (Å²) in [6, 6.07) is 18.3. The fraction of sp³-hybridized carbons (Fsp3) is 0.280. The highest BCUT2D eigenvalue weighted by Gasteiger charge is 2.21. The van der Waals surface area contributed by atoms with Crippen molar-refractivity contribution < 1.29 is 4.74 Å². The molecule has 0 aliphatic rings. The zero-order valence-electron chi connectivity index (χ0n) is 17.9. The van der Waals surface area contributed by atoms with Crippen LogP contribution in [0.3, 0.4) is 0 Å². The topological polar surface area (TPSA) is 62.3 Å². The van der Waals surface area contributed by atoms with Crippen LogP contribution in [0.5, 0.6) is 5.75 Å². The van der Waals surface area contributed by atoms with Crippen LogP contribution in [0.2, 0.25) is 0 Å². The van der Waals surface area contributed by atoms with E-state index in [0.29, 0.717) is 17.1 Å². The number of aromatic nitrogens is 2. The molecule has 2 aromatic heterocycles. The number of imidazole rings is 1. The first kappa shape index (κ1) is 19.8. The maximum atomic E-state index is 9.95. The number of ether oxygens (including phenoxy) is 1. The smallest absolute Gasteiger partial charge is 0.157 e. The summed E-state index contributed by atoms with van der Waals surface area (Å²) in [6.45, 7) is 6.48. The molecule has 2 heterocycles. The van der Waals surface area contributed by atoms with E-state index in [1.54, 1.807) is 7.11 Å². The molecule has 4 aromatic rings. The lowest BCUT2D eigenvalue weighted by atomic mass is 9.96. The first-order valence-electron chi connectivity index (χ1n) is 10.3. The predicted octanol–water partition coefficient (Wildman–Crippen LogP) is 6.01. The van der Waals surface area contributed by atoms with Crippen LogP contribution < -0.4 is 10.1 Å². The molecule has 4 rings (SSSR count). The molecule has 0 aliphatic carbocycles. The molecule has 1 N–H and O–H groups in total. The summed E-state index contributed by atoms with van der Waals surface area (Å²) in [5.74, 6) is 2.32. The maximum Gasteiger partial charge on any atom is 0.157 e. The highest BCUT2D eigenvalue weighted by molar-refractivity contribution is 5.87. The van der Waals surface area contributed by atoms with Crippen molar-refractivity contribution in [2.24, 2.45) is 5.92 Å². The Kier molecular flexibility index (Phi) is 5.33. The van der Waals surface area contributed by atoms with E-state index in [1.165, 1.54) is 0 Å². The normalized spacial score (nSPS) is 11.2. The molecule has 30 heavy (non-hydrogen) atoms. The molecule has 152 valence electrons. The number of hydrogen-bond acceptors (Lipinski definition) is 4. The molecule has 0 saturated carbocycles. The Morgan fingerprint density at radius 1 is 1.17 bits per heavy atom. The van der Waals surface area contributed by atoms with Crippen molar-refractivity contribution in [1.29, 1.82) is 5.26 Å². The van der Waals surface area contributed by atoms with E-state index in [4.69, 9.17) is 9.72 Å². The molecule has 0 bridgehead atoms. The summed E-state index contributed by atoms with van der Waals surface area (Å²) >= 11 is 0. The lowest BCUT2D eigenvalue weighted by Crippen LogP contribution is -2.09. The standard InChI is InChI=1S/C25H26N4O/c1-16(2)12-13-20-17(3)21(15-26)25-28-22-10-5-6-11-23(22)29(25)24(20)27-18-8-7-9-19(14-18)30-4/h5-11,14,16,27H,12-13H2,1-4H3. The quantitative estimate of drug-likeness (QED) is 0.432. The van der Waals surface area contributed by atoms with Crippen molar-refractivity contribution in [2.75, 3.05) is 12.4 Å². The summed E-state index contributed by atoms with van der Waals surface area (Å²) in [7, 11) is 1.67. The van der Waals surface area contributed by atoms with E-state index < -0.39 is 0 Å². The van der Waals surface area contributed by atoms with Crippen LogP contribution in [-0.4, -0.2) is 16.5 Å². The van der Waals surface area contributed by atoms with Gasteiger partial charge in [0.05, 0.1) is 23.7 Å². The minimum absolute atomic E-state index is 0.565. The number of nitrogens with one attached hydrogen (secondary N) is 1. The molecule has 0 aliphatic heterocycles. The largest absolute Gasteiger partial charge is 0.497 e. The monoisotopic (exact) mass is 398 g/mol. The average Bonchev–Trinajstić information content (AvgIpc) is 3.12. The van der Waals surface area contributed by atoms with E-state index in [1.807, 2.05) is 49.4 Å². The molecule has 0 unspecified atom stereocenters. The number of hydrogen-bond donors (Lipinski definition) is 1. The van der Waals surface area contributed by atoms with Crippen molar-refractivity contribution in [1.82, 2.24) is 9.38 Å². The van der Waals surface area contributed by atoms with Gasteiger partial charge in [0.1, 0.15) is 17.6 Å². The summed E-state index contributed by atoms with van der Waals surface area (Å²) in [5.41, 5.74) is 6.27. The second kappa shape index (κ2) is 8.08. The lowest BCUT2D eigenvalue weighted by molar-refractivity contribution is 0.415. The fourth-order valence-corrected chi connectivity index (χ4v) is 3.89. The van der Waals surface area contributed by atoms with Crippen LogP contribution in [0, 0.1) is 24.2 Å². The van der Waals surface area contributed by atoms with Crippen LogP contribution in [0.4, 0.5) is 11.5 Å². The Labute approximate surface area is 176 Å². The number of fused-ring (bicyclic) bond motifs is 3. The number of benzene rings is 2. The number of pyridine rings is 1. The van der Waals surface area contributed by atoms with Gasteiger partial charge < -0.3 is 10.1 Å². The van der Waals surface area contributed by atoms with Crippen LogP contribution in [0.15, 0.2) is 48.5 Å². The molecule has 5 nitrogen and oxygen atoms in total. The molecule has 0 spiro atoms.